The smallest absolute Gasteiger partial charge is 0.259 e. The number of anilines is 1. The van der Waals surface area contributed by atoms with Gasteiger partial charge < -0.3 is 0 Å². The lowest BCUT2D eigenvalue weighted by Crippen LogP contribution is -2.13. The number of hydrogen-bond acceptors (Lipinski definition) is 4. The van der Waals surface area contributed by atoms with Crippen molar-refractivity contribution in [1.29, 1.82) is 0 Å². The summed E-state index contributed by atoms with van der Waals surface area (Å²) in [7, 11) is 0. The molecule has 0 bridgehead atoms. The lowest BCUT2D eigenvalue weighted by molar-refractivity contribution is 0.102. The van der Waals surface area contributed by atoms with Crippen molar-refractivity contribution in [1.82, 2.24) is 19.6 Å². The van der Waals surface area contributed by atoms with Gasteiger partial charge in [-0.25, -0.2) is 4.52 Å². The quantitative estimate of drug-likeness (QED) is 0.734. The summed E-state index contributed by atoms with van der Waals surface area (Å²) in [5.41, 5.74) is 1.99. The number of carbonyl (C=O) groups excluding carboxylic acids is 1. The van der Waals surface area contributed by atoms with Gasteiger partial charge in [0.25, 0.3) is 5.91 Å². The van der Waals surface area contributed by atoms with E-state index in [2.05, 4.69) is 20.4 Å². The first kappa shape index (κ1) is 12.6. The van der Waals surface area contributed by atoms with Crippen LogP contribution in [0.15, 0.2) is 36.7 Å². The van der Waals surface area contributed by atoms with E-state index in [1.165, 1.54) is 10.7 Å². The first-order chi connectivity index (χ1) is 9.63. The summed E-state index contributed by atoms with van der Waals surface area (Å²) in [6.45, 7) is 1.91. The summed E-state index contributed by atoms with van der Waals surface area (Å²) in [5, 5.41) is 7.19. The van der Waals surface area contributed by atoms with Crippen LogP contribution in [0, 0.1) is 6.92 Å². The topological polar surface area (TPSA) is 72.2 Å². The van der Waals surface area contributed by atoms with Gasteiger partial charge in [0.1, 0.15) is 5.15 Å². The van der Waals surface area contributed by atoms with Gasteiger partial charge >= 0.3 is 0 Å². The summed E-state index contributed by atoms with van der Waals surface area (Å²) in [6.07, 6.45) is 3.07. The van der Waals surface area contributed by atoms with Crippen molar-refractivity contribution in [3.63, 3.8) is 0 Å². The highest BCUT2D eigenvalue weighted by Gasteiger charge is 2.11. The molecule has 3 aromatic rings. The standard InChI is InChI=1S/C13H10ClN5O/c1-8-5-10(14)19-11(6-8)16-13(18-19)17-12(20)9-3-2-4-15-7-9/h2-7H,1H3,(H,17,18,20). The monoisotopic (exact) mass is 287 g/mol. The second kappa shape index (κ2) is 4.90. The molecule has 0 fully saturated rings. The molecule has 3 heterocycles. The zero-order chi connectivity index (χ0) is 14.1. The summed E-state index contributed by atoms with van der Waals surface area (Å²) in [5.74, 6) is -0.117. The fourth-order valence-electron chi connectivity index (χ4n) is 1.79. The summed E-state index contributed by atoms with van der Waals surface area (Å²) in [4.78, 5) is 20.1. The average Bonchev–Trinajstić information content (AvgIpc) is 2.82. The zero-order valence-corrected chi connectivity index (χ0v) is 11.3. The largest absolute Gasteiger partial charge is 0.289 e. The Hall–Kier alpha value is -2.47. The van der Waals surface area contributed by atoms with Gasteiger partial charge in [-0.2, -0.15) is 4.98 Å². The minimum Gasteiger partial charge on any atom is -0.289 e. The minimum atomic E-state index is -0.318. The number of carbonyl (C=O) groups is 1. The van der Waals surface area contributed by atoms with Crippen molar-refractivity contribution < 1.29 is 4.79 Å². The maximum Gasteiger partial charge on any atom is 0.259 e. The Labute approximate surface area is 119 Å². The SMILES string of the molecule is Cc1cc(Cl)n2nc(NC(=O)c3cccnc3)nc2c1. The van der Waals surface area contributed by atoms with E-state index in [0.717, 1.165) is 5.56 Å². The highest BCUT2D eigenvalue weighted by atomic mass is 35.5. The molecule has 3 rings (SSSR count). The molecule has 0 aromatic carbocycles. The molecule has 0 radical (unpaired) electrons. The summed E-state index contributed by atoms with van der Waals surface area (Å²) in [6, 6.07) is 6.95. The Bertz CT molecular complexity index is 784. The third-order valence-electron chi connectivity index (χ3n) is 2.69. The highest BCUT2D eigenvalue weighted by molar-refractivity contribution is 6.29. The molecule has 0 atom stereocenters. The molecule has 0 saturated heterocycles. The number of aromatic nitrogens is 4. The van der Waals surface area contributed by atoms with Gasteiger partial charge in [0, 0.05) is 12.4 Å². The van der Waals surface area contributed by atoms with Crippen molar-refractivity contribution in [2.45, 2.75) is 6.92 Å². The molecule has 20 heavy (non-hydrogen) atoms. The predicted molar refractivity (Wildman–Crippen MR) is 74.9 cm³/mol. The normalized spacial score (nSPS) is 10.7. The lowest BCUT2D eigenvalue weighted by Gasteiger charge is -1.99. The summed E-state index contributed by atoms with van der Waals surface area (Å²) >= 11 is 6.07. The van der Waals surface area contributed by atoms with Crippen LogP contribution in [0.2, 0.25) is 5.15 Å². The fraction of sp³-hybridized carbons (Fsp3) is 0.0769. The number of amides is 1. The molecule has 0 aliphatic carbocycles. The number of nitrogens with zero attached hydrogens (tertiary/aromatic N) is 4. The van der Waals surface area contributed by atoms with Crippen LogP contribution in [0.3, 0.4) is 0 Å². The van der Waals surface area contributed by atoms with Crippen molar-refractivity contribution in [2.75, 3.05) is 5.32 Å². The predicted octanol–water partition coefficient (Wildman–Crippen LogP) is 2.34. The summed E-state index contributed by atoms with van der Waals surface area (Å²) < 4.78 is 1.47. The first-order valence-electron chi connectivity index (χ1n) is 5.88. The third-order valence-corrected chi connectivity index (χ3v) is 2.96. The number of aryl methyl sites for hydroxylation is 1. The molecule has 1 amide bonds. The van der Waals surface area contributed by atoms with Gasteiger partial charge in [0.05, 0.1) is 5.56 Å². The molecule has 0 spiro atoms. The average molecular weight is 288 g/mol. The third kappa shape index (κ3) is 2.33. The van der Waals surface area contributed by atoms with Crippen molar-refractivity contribution in [3.05, 3.63) is 52.9 Å². The molecule has 0 unspecified atom stereocenters. The van der Waals surface area contributed by atoms with Crippen molar-refractivity contribution in [3.8, 4) is 0 Å². The number of halogens is 1. The van der Waals surface area contributed by atoms with Crippen LogP contribution in [0.1, 0.15) is 15.9 Å². The van der Waals surface area contributed by atoms with Crippen molar-refractivity contribution >= 4 is 29.1 Å². The molecule has 6 nitrogen and oxygen atoms in total. The maximum atomic E-state index is 12.0. The molecular weight excluding hydrogens is 278 g/mol. The molecule has 0 aliphatic heterocycles. The maximum absolute atomic E-state index is 12.0. The number of hydrogen-bond donors (Lipinski definition) is 1. The van der Waals surface area contributed by atoms with Gasteiger partial charge in [-0.3, -0.25) is 15.1 Å². The van der Waals surface area contributed by atoms with Crippen LogP contribution < -0.4 is 5.32 Å². The number of pyridine rings is 2. The molecule has 0 saturated carbocycles. The van der Waals surface area contributed by atoms with Gasteiger partial charge in [0.15, 0.2) is 5.65 Å². The highest BCUT2D eigenvalue weighted by Crippen LogP contribution is 2.16. The Balaban J connectivity index is 1.92. The second-order valence-corrected chi connectivity index (χ2v) is 4.64. The van der Waals surface area contributed by atoms with E-state index >= 15 is 0 Å². The molecular formula is C13H10ClN5O. The molecule has 1 N–H and O–H groups in total. The van der Waals surface area contributed by atoms with E-state index < -0.39 is 0 Å². The Kier molecular flexibility index (Phi) is 3.08. The van der Waals surface area contributed by atoms with Gasteiger partial charge in [0.2, 0.25) is 5.95 Å². The number of fused-ring (bicyclic) bond motifs is 1. The zero-order valence-electron chi connectivity index (χ0n) is 10.5. The number of nitrogens with one attached hydrogen (secondary N) is 1. The van der Waals surface area contributed by atoms with Crippen LogP contribution in [-0.4, -0.2) is 25.5 Å². The number of rotatable bonds is 2. The minimum absolute atomic E-state index is 0.200. The Morgan fingerprint density at radius 2 is 2.25 bits per heavy atom. The van der Waals surface area contributed by atoms with Crippen LogP contribution in [-0.2, 0) is 0 Å². The van der Waals surface area contributed by atoms with E-state index in [1.807, 2.05) is 13.0 Å². The van der Waals surface area contributed by atoms with Crippen LogP contribution in [0.4, 0.5) is 5.95 Å². The van der Waals surface area contributed by atoms with E-state index in [4.69, 9.17) is 11.6 Å². The molecule has 0 aliphatic rings. The van der Waals surface area contributed by atoms with Gasteiger partial charge in [-0.05, 0) is 36.8 Å². The lowest BCUT2D eigenvalue weighted by atomic mass is 10.3. The fourth-order valence-corrected chi connectivity index (χ4v) is 2.09. The molecule has 100 valence electrons. The van der Waals surface area contributed by atoms with E-state index in [0.29, 0.717) is 16.4 Å². The van der Waals surface area contributed by atoms with Crippen LogP contribution in [0.5, 0.6) is 0 Å². The van der Waals surface area contributed by atoms with Crippen molar-refractivity contribution in [2.24, 2.45) is 0 Å². The van der Waals surface area contributed by atoms with Crippen LogP contribution in [0.25, 0.3) is 5.65 Å². The van der Waals surface area contributed by atoms with E-state index in [-0.39, 0.29) is 11.9 Å². The first-order valence-corrected chi connectivity index (χ1v) is 6.25. The Morgan fingerprint density at radius 3 is 3.00 bits per heavy atom. The van der Waals surface area contributed by atoms with E-state index in [1.54, 1.807) is 24.4 Å². The van der Waals surface area contributed by atoms with Gasteiger partial charge in [-0.15, -0.1) is 5.10 Å². The molecule has 7 heteroatoms. The molecule has 3 aromatic heterocycles. The Morgan fingerprint density at radius 1 is 1.40 bits per heavy atom. The van der Waals surface area contributed by atoms with Crippen LogP contribution >= 0.6 is 11.6 Å². The second-order valence-electron chi connectivity index (χ2n) is 4.26. The van der Waals surface area contributed by atoms with E-state index in [9.17, 15) is 4.79 Å². The van der Waals surface area contributed by atoms with Gasteiger partial charge in [-0.1, -0.05) is 11.6 Å².